The molecule has 0 fully saturated rings. The zero-order chi connectivity index (χ0) is 37.4. The first-order chi connectivity index (χ1) is 27.7. The molecule has 0 atom stereocenters. The lowest BCUT2D eigenvalue weighted by atomic mass is 9.69. The number of pyridine rings is 2. The van der Waals surface area contributed by atoms with Crippen LogP contribution >= 0.6 is 23.5 Å². The molecule has 0 bridgehead atoms. The van der Waals surface area contributed by atoms with Crippen molar-refractivity contribution in [2.45, 2.75) is 30.4 Å². The van der Waals surface area contributed by atoms with Gasteiger partial charge in [-0.2, -0.15) is 0 Å². The molecule has 2 aliphatic heterocycles. The number of rotatable bonds is 3. The van der Waals surface area contributed by atoms with Crippen LogP contribution in [0.3, 0.4) is 0 Å². The van der Waals surface area contributed by atoms with Crippen molar-refractivity contribution < 1.29 is 0 Å². The molecule has 0 radical (unpaired) electrons. The zero-order valence-corrected chi connectivity index (χ0v) is 31.8. The van der Waals surface area contributed by atoms with E-state index in [4.69, 9.17) is 9.97 Å². The highest BCUT2D eigenvalue weighted by Gasteiger charge is 2.43. The van der Waals surface area contributed by atoms with Gasteiger partial charge in [-0.05, 0) is 94.0 Å². The van der Waals surface area contributed by atoms with Gasteiger partial charge in [-0.15, -0.1) is 0 Å². The van der Waals surface area contributed by atoms with Gasteiger partial charge in [0, 0.05) is 43.1 Å². The largest absolute Gasteiger partial charge is 0.254 e. The van der Waals surface area contributed by atoms with Gasteiger partial charge in [-0.1, -0.05) is 169 Å². The summed E-state index contributed by atoms with van der Waals surface area (Å²) in [6.07, 6.45) is 3.98. The van der Waals surface area contributed by atoms with Crippen LogP contribution < -0.4 is 0 Å². The van der Waals surface area contributed by atoms with Crippen LogP contribution in [-0.2, 0) is 10.8 Å². The summed E-state index contributed by atoms with van der Waals surface area (Å²) < 4.78 is 0. The van der Waals surface area contributed by atoms with E-state index in [9.17, 15) is 0 Å². The Morgan fingerprint density at radius 2 is 0.661 bits per heavy atom. The molecule has 0 unspecified atom stereocenters. The molecule has 10 rings (SSSR count). The van der Waals surface area contributed by atoms with Crippen LogP contribution in [0.4, 0.5) is 0 Å². The van der Waals surface area contributed by atoms with Gasteiger partial charge in [0.2, 0.25) is 0 Å². The summed E-state index contributed by atoms with van der Waals surface area (Å²) in [6.45, 7) is 0. The minimum atomic E-state index is -0.722. The second kappa shape index (κ2) is 14.3. The van der Waals surface area contributed by atoms with E-state index < -0.39 is 10.8 Å². The topological polar surface area (TPSA) is 25.8 Å². The SMILES string of the molecule is C(#CC1(c2ccc(-c3ccc(C4(C#Cc5ccccc5)c5ccccc5Sc5ccccc54)cn3)nc2)c2ccccc2Sc2ccccc21)c1ccccc1. The molecule has 2 aromatic heterocycles. The van der Waals surface area contributed by atoms with Crippen LogP contribution in [0.2, 0.25) is 0 Å². The molecule has 0 spiro atoms. The molecule has 0 N–H and O–H groups in total. The van der Waals surface area contributed by atoms with E-state index in [1.807, 2.05) is 48.8 Å². The summed E-state index contributed by atoms with van der Waals surface area (Å²) in [4.78, 5) is 15.0. The first kappa shape index (κ1) is 34.0. The Balaban J connectivity index is 1.09. The van der Waals surface area contributed by atoms with Crippen molar-refractivity contribution in [3.8, 4) is 35.1 Å². The first-order valence-electron chi connectivity index (χ1n) is 18.6. The summed E-state index contributed by atoms with van der Waals surface area (Å²) in [7, 11) is 0. The van der Waals surface area contributed by atoms with Crippen LogP contribution in [0.1, 0.15) is 44.5 Å². The van der Waals surface area contributed by atoms with Crippen molar-refractivity contribution in [2.75, 3.05) is 0 Å². The highest BCUT2D eigenvalue weighted by atomic mass is 32.2. The van der Waals surface area contributed by atoms with Gasteiger partial charge in [0.1, 0.15) is 10.8 Å². The van der Waals surface area contributed by atoms with E-state index >= 15 is 0 Å². The van der Waals surface area contributed by atoms with Gasteiger partial charge >= 0.3 is 0 Å². The maximum Gasteiger partial charge on any atom is 0.110 e. The Bertz CT molecular complexity index is 2570. The monoisotopic (exact) mass is 748 g/mol. The van der Waals surface area contributed by atoms with E-state index in [0.717, 1.165) is 55.9 Å². The molecular formula is C52H32N2S2. The second-order valence-corrected chi connectivity index (χ2v) is 16.0. The van der Waals surface area contributed by atoms with Gasteiger partial charge in [-0.3, -0.25) is 9.97 Å². The van der Waals surface area contributed by atoms with Gasteiger partial charge < -0.3 is 0 Å². The molecule has 8 aromatic rings. The summed E-state index contributed by atoms with van der Waals surface area (Å²) in [5, 5.41) is 0. The van der Waals surface area contributed by atoms with Crippen molar-refractivity contribution in [2.24, 2.45) is 0 Å². The molecule has 6 aromatic carbocycles. The fraction of sp³-hybridized carbons (Fsp3) is 0.0385. The fourth-order valence-electron chi connectivity index (χ4n) is 7.93. The molecule has 0 aliphatic carbocycles. The van der Waals surface area contributed by atoms with Crippen LogP contribution in [0.15, 0.2) is 214 Å². The predicted molar refractivity (Wildman–Crippen MR) is 228 cm³/mol. The number of benzene rings is 6. The van der Waals surface area contributed by atoms with Crippen molar-refractivity contribution in [3.63, 3.8) is 0 Å². The van der Waals surface area contributed by atoms with Crippen molar-refractivity contribution in [1.29, 1.82) is 0 Å². The van der Waals surface area contributed by atoms with E-state index in [-0.39, 0.29) is 0 Å². The number of fused-ring (bicyclic) bond motifs is 4. The zero-order valence-electron chi connectivity index (χ0n) is 30.2. The number of aromatic nitrogens is 2. The second-order valence-electron chi connectivity index (χ2n) is 13.8. The quantitative estimate of drug-likeness (QED) is 0.168. The lowest BCUT2D eigenvalue weighted by Crippen LogP contribution is -2.31. The molecule has 2 nitrogen and oxygen atoms in total. The molecular weight excluding hydrogens is 717 g/mol. The third-order valence-electron chi connectivity index (χ3n) is 10.6. The Morgan fingerprint density at radius 1 is 0.339 bits per heavy atom. The van der Waals surface area contributed by atoms with E-state index in [1.54, 1.807) is 23.5 Å². The van der Waals surface area contributed by atoms with Crippen molar-refractivity contribution in [3.05, 3.63) is 239 Å². The van der Waals surface area contributed by atoms with Gasteiger partial charge in [0.25, 0.3) is 0 Å². The van der Waals surface area contributed by atoms with Gasteiger partial charge in [-0.25, -0.2) is 0 Å². The fourth-order valence-corrected chi connectivity index (χ4v) is 10.3. The molecule has 4 heteroatoms. The average molecular weight is 749 g/mol. The summed E-state index contributed by atoms with van der Waals surface area (Å²) in [5.41, 5.74) is 8.79. The maximum absolute atomic E-state index is 5.11. The molecule has 4 heterocycles. The summed E-state index contributed by atoms with van der Waals surface area (Å²) >= 11 is 3.60. The molecule has 0 amide bonds. The standard InChI is InChI=1S/C52H32N2S2/c1-3-15-37(16-4-1)31-33-51(41-19-7-11-23-47(41)55-48-24-12-8-20-42(48)51)39-27-29-45(53-35-39)46-30-28-40(36-54-46)52(34-32-38-17-5-2-6-18-38)43-21-9-13-25-49(43)56-50-26-14-10-22-44(50)52/h1-30,35-36H. The Labute approximate surface area is 336 Å². The molecule has 2 aliphatic rings. The lowest BCUT2D eigenvalue weighted by Gasteiger charge is -2.37. The van der Waals surface area contributed by atoms with Crippen LogP contribution in [0, 0.1) is 23.7 Å². The smallest absolute Gasteiger partial charge is 0.110 e. The minimum absolute atomic E-state index is 0.722. The lowest BCUT2D eigenvalue weighted by molar-refractivity contribution is 0.751. The normalized spacial score (nSPS) is 13.9. The van der Waals surface area contributed by atoms with Crippen LogP contribution in [0.5, 0.6) is 0 Å². The highest BCUT2D eigenvalue weighted by molar-refractivity contribution is 7.99. The van der Waals surface area contributed by atoms with Gasteiger partial charge in [0.05, 0.1) is 11.4 Å². The van der Waals surface area contributed by atoms with Crippen LogP contribution in [-0.4, -0.2) is 9.97 Å². The van der Waals surface area contributed by atoms with Crippen LogP contribution in [0.25, 0.3) is 11.4 Å². The third-order valence-corrected chi connectivity index (χ3v) is 12.9. The average Bonchev–Trinajstić information content (AvgIpc) is 3.27. The number of nitrogens with zero attached hydrogens (tertiary/aromatic N) is 2. The van der Waals surface area contributed by atoms with Gasteiger partial charge in [0.15, 0.2) is 0 Å². The highest BCUT2D eigenvalue weighted by Crippen LogP contribution is 2.53. The van der Waals surface area contributed by atoms with E-state index in [0.29, 0.717) is 0 Å². The maximum atomic E-state index is 5.11. The molecule has 262 valence electrons. The van der Waals surface area contributed by atoms with E-state index in [1.165, 1.54) is 19.6 Å². The summed E-state index contributed by atoms with van der Waals surface area (Å²) in [5.74, 6) is 14.7. The third kappa shape index (κ3) is 5.75. The van der Waals surface area contributed by atoms with Crippen molar-refractivity contribution in [1.82, 2.24) is 9.97 Å². The minimum Gasteiger partial charge on any atom is -0.254 e. The number of hydrogen-bond acceptors (Lipinski definition) is 4. The number of hydrogen-bond donors (Lipinski definition) is 0. The van der Waals surface area contributed by atoms with Crippen molar-refractivity contribution >= 4 is 23.5 Å². The Hall–Kier alpha value is -6.56. The van der Waals surface area contributed by atoms with E-state index in [2.05, 4.69) is 169 Å². The summed E-state index contributed by atoms with van der Waals surface area (Å²) in [6, 6.07) is 63.4. The molecule has 0 saturated heterocycles. The first-order valence-corrected chi connectivity index (χ1v) is 20.2. The predicted octanol–water partition coefficient (Wildman–Crippen LogP) is 11.8. The molecule has 56 heavy (non-hydrogen) atoms. The Morgan fingerprint density at radius 3 is 0.982 bits per heavy atom. The Kier molecular flexibility index (Phi) is 8.65. The molecule has 0 saturated carbocycles.